The number of amides is 1. The molecule has 1 unspecified atom stereocenters. The van der Waals surface area contributed by atoms with E-state index in [2.05, 4.69) is 22.0 Å². The van der Waals surface area contributed by atoms with Crippen LogP contribution in [0.25, 0.3) is 22.2 Å². The second-order valence-corrected chi connectivity index (χ2v) is 11.5. The molecule has 1 N–H and O–H groups in total. The maximum absolute atomic E-state index is 13.1. The molecular weight excluding hydrogens is 450 g/mol. The second-order valence-electron chi connectivity index (χ2n) is 9.23. The molecule has 5 rings (SSSR count). The van der Waals surface area contributed by atoms with Gasteiger partial charge in [-0.2, -0.15) is 0 Å². The number of nitrogens with one attached hydrogen (secondary N) is 1. The molecule has 3 heterocycles. The van der Waals surface area contributed by atoms with Crippen LogP contribution in [0.1, 0.15) is 18.4 Å². The van der Waals surface area contributed by atoms with Crippen LogP contribution in [0.2, 0.25) is 0 Å². The molecule has 3 aromatic rings. The molecule has 8 heteroatoms. The van der Waals surface area contributed by atoms with Crippen molar-refractivity contribution in [2.75, 3.05) is 44.8 Å². The largest absolute Gasteiger partial charge is 0.497 e. The number of carbonyl (C=O) groups excluding carboxylic acids is 1. The van der Waals surface area contributed by atoms with Crippen molar-refractivity contribution in [3.63, 3.8) is 0 Å². The predicted octanol–water partition coefficient (Wildman–Crippen LogP) is 3.11. The van der Waals surface area contributed by atoms with Crippen molar-refractivity contribution in [1.29, 1.82) is 0 Å². The van der Waals surface area contributed by atoms with Gasteiger partial charge in [-0.25, -0.2) is 8.42 Å². The van der Waals surface area contributed by atoms with Crippen LogP contribution in [0.4, 0.5) is 0 Å². The highest BCUT2D eigenvalue weighted by atomic mass is 32.2. The van der Waals surface area contributed by atoms with E-state index < -0.39 is 9.84 Å². The van der Waals surface area contributed by atoms with Crippen LogP contribution in [0.3, 0.4) is 0 Å². The Kier molecular flexibility index (Phi) is 6.36. The van der Waals surface area contributed by atoms with E-state index in [-0.39, 0.29) is 23.5 Å². The number of hydrogen-bond acceptors (Lipinski definition) is 5. The van der Waals surface area contributed by atoms with Gasteiger partial charge in [-0.15, -0.1) is 0 Å². The van der Waals surface area contributed by atoms with Gasteiger partial charge in [-0.05, 0) is 54.3 Å². The van der Waals surface area contributed by atoms with Gasteiger partial charge in [0.2, 0.25) is 5.91 Å². The maximum Gasteiger partial charge on any atom is 0.222 e. The number of carbonyl (C=O) groups is 1. The van der Waals surface area contributed by atoms with Crippen molar-refractivity contribution < 1.29 is 17.9 Å². The van der Waals surface area contributed by atoms with Crippen LogP contribution < -0.4 is 4.74 Å². The number of sulfone groups is 1. The first kappa shape index (κ1) is 22.9. The fourth-order valence-corrected chi connectivity index (χ4v) is 7.02. The zero-order valence-electron chi connectivity index (χ0n) is 19.5. The Bertz CT molecular complexity index is 1280. The highest BCUT2D eigenvalue weighted by Crippen LogP contribution is 2.32. The van der Waals surface area contributed by atoms with Gasteiger partial charge < -0.3 is 14.6 Å². The minimum absolute atomic E-state index is 0.112. The van der Waals surface area contributed by atoms with E-state index >= 15 is 0 Å². The van der Waals surface area contributed by atoms with E-state index in [0.29, 0.717) is 32.4 Å². The monoisotopic (exact) mass is 481 g/mol. The molecule has 0 radical (unpaired) electrons. The fourth-order valence-electron chi connectivity index (χ4n) is 5.25. The summed E-state index contributed by atoms with van der Waals surface area (Å²) in [6, 6.07) is 16.3. The average Bonchev–Trinajstić information content (AvgIpc) is 3.42. The average molecular weight is 482 g/mol. The standard InChI is InChI=1S/C26H31N3O4S/c1-33-21-8-6-19(7-9-21)26-23(22-4-2-3-5-24(22)27-26)10-11-25(30)29-15-13-28(14-16-29)20-12-17-34(31,32)18-20/h2-9,20,27H,10-18H2,1H3. The van der Waals surface area contributed by atoms with Gasteiger partial charge in [0, 0.05) is 55.2 Å². The molecule has 0 saturated carbocycles. The second kappa shape index (κ2) is 9.43. The van der Waals surface area contributed by atoms with Gasteiger partial charge >= 0.3 is 0 Å². The van der Waals surface area contributed by atoms with Crippen LogP contribution in [0, 0.1) is 0 Å². The highest BCUT2D eigenvalue weighted by Gasteiger charge is 2.34. The van der Waals surface area contributed by atoms with Crippen molar-refractivity contribution in [3.8, 4) is 17.0 Å². The Balaban J connectivity index is 1.26. The third-order valence-corrected chi connectivity index (χ3v) is 8.92. The van der Waals surface area contributed by atoms with Gasteiger partial charge in [-0.3, -0.25) is 9.69 Å². The number of rotatable bonds is 6. The summed E-state index contributed by atoms with van der Waals surface area (Å²) in [5.74, 6) is 1.52. The Morgan fingerprint density at radius 2 is 1.79 bits per heavy atom. The van der Waals surface area contributed by atoms with Gasteiger partial charge in [0.15, 0.2) is 9.84 Å². The molecule has 0 bridgehead atoms. The predicted molar refractivity (Wildman–Crippen MR) is 134 cm³/mol. The topological polar surface area (TPSA) is 82.7 Å². The van der Waals surface area contributed by atoms with Crippen molar-refractivity contribution in [1.82, 2.24) is 14.8 Å². The smallest absolute Gasteiger partial charge is 0.222 e. The lowest BCUT2D eigenvalue weighted by molar-refractivity contribution is -0.133. The number of aryl methyl sites for hydroxylation is 1. The maximum atomic E-state index is 13.1. The normalized spacial score (nSPS) is 20.6. The minimum atomic E-state index is -2.89. The molecule has 2 aromatic carbocycles. The zero-order chi connectivity index (χ0) is 23.7. The molecule has 2 aliphatic rings. The van der Waals surface area contributed by atoms with E-state index in [1.165, 1.54) is 0 Å². The summed E-state index contributed by atoms with van der Waals surface area (Å²) in [5.41, 5.74) is 4.34. The Morgan fingerprint density at radius 1 is 1.06 bits per heavy atom. The number of para-hydroxylation sites is 1. The summed E-state index contributed by atoms with van der Waals surface area (Å²) in [7, 11) is -1.23. The van der Waals surface area contributed by atoms with Crippen molar-refractivity contribution >= 4 is 26.6 Å². The first-order chi connectivity index (χ1) is 16.4. The summed E-state index contributed by atoms with van der Waals surface area (Å²) < 4.78 is 28.9. The third kappa shape index (κ3) is 4.70. The SMILES string of the molecule is COc1ccc(-c2[nH]c3ccccc3c2CCC(=O)N2CCN(C3CCS(=O)(=O)C3)CC2)cc1. The van der Waals surface area contributed by atoms with Gasteiger partial charge in [0.25, 0.3) is 0 Å². The molecule has 1 atom stereocenters. The van der Waals surface area contributed by atoms with Crippen molar-refractivity contribution in [3.05, 3.63) is 54.1 Å². The zero-order valence-corrected chi connectivity index (χ0v) is 20.3. The summed E-state index contributed by atoms with van der Waals surface area (Å²) in [4.78, 5) is 20.8. The molecule has 0 aliphatic carbocycles. The van der Waals surface area contributed by atoms with E-state index in [4.69, 9.17) is 4.74 Å². The Morgan fingerprint density at radius 3 is 2.47 bits per heavy atom. The van der Waals surface area contributed by atoms with E-state index in [1.807, 2.05) is 41.3 Å². The van der Waals surface area contributed by atoms with Crippen LogP contribution in [0.15, 0.2) is 48.5 Å². The molecule has 7 nitrogen and oxygen atoms in total. The molecule has 1 aromatic heterocycles. The van der Waals surface area contributed by atoms with Crippen LogP contribution in [-0.4, -0.2) is 79.9 Å². The molecular formula is C26H31N3O4S. The van der Waals surface area contributed by atoms with Gasteiger partial charge in [0.1, 0.15) is 5.75 Å². The van der Waals surface area contributed by atoms with E-state index in [0.717, 1.165) is 46.6 Å². The Hall–Kier alpha value is -2.84. The lowest BCUT2D eigenvalue weighted by Crippen LogP contribution is -2.52. The molecule has 0 spiro atoms. The fraction of sp³-hybridized carbons (Fsp3) is 0.423. The van der Waals surface area contributed by atoms with Crippen LogP contribution in [0.5, 0.6) is 5.75 Å². The van der Waals surface area contributed by atoms with Crippen LogP contribution >= 0.6 is 0 Å². The minimum Gasteiger partial charge on any atom is -0.497 e. The molecule has 180 valence electrons. The number of ether oxygens (including phenoxy) is 1. The number of hydrogen-bond donors (Lipinski definition) is 1. The number of methoxy groups -OCH3 is 1. The number of fused-ring (bicyclic) bond motifs is 1. The number of nitrogens with zero attached hydrogens (tertiary/aromatic N) is 2. The van der Waals surface area contributed by atoms with Gasteiger partial charge in [-0.1, -0.05) is 18.2 Å². The first-order valence-electron chi connectivity index (χ1n) is 11.9. The van der Waals surface area contributed by atoms with Crippen LogP contribution in [-0.2, 0) is 21.1 Å². The Labute approximate surface area is 200 Å². The number of aromatic nitrogens is 1. The highest BCUT2D eigenvalue weighted by molar-refractivity contribution is 7.91. The summed E-state index contributed by atoms with van der Waals surface area (Å²) in [6.07, 6.45) is 1.82. The summed E-state index contributed by atoms with van der Waals surface area (Å²) in [6.45, 7) is 2.81. The summed E-state index contributed by atoms with van der Waals surface area (Å²) in [5, 5.41) is 1.15. The number of H-pyrrole nitrogens is 1. The first-order valence-corrected chi connectivity index (χ1v) is 13.7. The van der Waals surface area contributed by atoms with Crippen molar-refractivity contribution in [2.45, 2.75) is 25.3 Å². The summed E-state index contributed by atoms with van der Waals surface area (Å²) >= 11 is 0. The van der Waals surface area contributed by atoms with E-state index in [1.54, 1.807) is 7.11 Å². The lowest BCUT2D eigenvalue weighted by atomic mass is 10.0. The molecule has 2 aliphatic heterocycles. The molecule has 34 heavy (non-hydrogen) atoms. The lowest BCUT2D eigenvalue weighted by Gasteiger charge is -2.37. The molecule has 2 saturated heterocycles. The molecule has 2 fully saturated rings. The molecule has 1 amide bonds. The number of benzene rings is 2. The number of piperazine rings is 1. The number of aromatic amines is 1. The van der Waals surface area contributed by atoms with Gasteiger partial charge in [0.05, 0.1) is 18.6 Å². The third-order valence-electron chi connectivity index (χ3n) is 7.17. The quantitative estimate of drug-likeness (QED) is 0.585. The van der Waals surface area contributed by atoms with E-state index in [9.17, 15) is 13.2 Å². The van der Waals surface area contributed by atoms with Crippen molar-refractivity contribution in [2.24, 2.45) is 0 Å².